The molecule has 0 aliphatic heterocycles. The van der Waals surface area contributed by atoms with E-state index in [9.17, 15) is 4.39 Å². The van der Waals surface area contributed by atoms with E-state index in [4.69, 9.17) is 4.74 Å². The molecule has 0 atom stereocenters. The molecule has 1 aromatic carbocycles. The first kappa shape index (κ1) is 13.5. The third-order valence-electron chi connectivity index (χ3n) is 2.63. The Balaban J connectivity index is 2.18. The fourth-order valence-corrected chi connectivity index (χ4v) is 1.61. The average molecular weight is 260 g/mol. The Hall–Kier alpha value is -1.94. The summed E-state index contributed by atoms with van der Waals surface area (Å²) in [4.78, 5) is 4.02. The van der Waals surface area contributed by atoms with Crippen molar-refractivity contribution < 1.29 is 9.13 Å². The Labute approximate surface area is 112 Å². The molecule has 2 aromatic rings. The molecule has 0 aliphatic rings. The minimum absolute atomic E-state index is 0.210. The van der Waals surface area contributed by atoms with Gasteiger partial charge in [0, 0.05) is 24.3 Å². The predicted octanol–water partition coefficient (Wildman–Crippen LogP) is 3.51. The Kier molecular flexibility index (Phi) is 4.47. The number of hydrogen-bond acceptors (Lipinski definition) is 3. The van der Waals surface area contributed by atoms with Gasteiger partial charge in [-0.05, 0) is 18.2 Å². The highest BCUT2D eigenvalue weighted by Gasteiger charge is 2.08. The van der Waals surface area contributed by atoms with Gasteiger partial charge < -0.3 is 10.1 Å². The topological polar surface area (TPSA) is 34.2 Å². The van der Waals surface area contributed by atoms with Gasteiger partial charge in [0.05, 0.1) is 6.20 Å². The number of para-hydroxylation sites is 1. The van der Waals surface area contributed by atoms with E-state index in [0.717, 1.165) is 5.56 Å². The van der Waals surface area contributed by atoms with Crippen molar-refractivity contribution in [1.29, 1.82) is 0 Å². The predicted molar refractivity (Wildman–Crippen MR) is 72.7 cm³/mol. The quantitative estimate of drug-likeness (QED) is 0.893. The molecule has 1 N–H and O–H groups in total. The van der Waals surface area contributed by atoms with Gasteiger partial charge >= 0.3 is 0 Å². The molecule has 19 heavy (non-hydrogen) atoms. The lowest BCUT2D eigenvalue weighted by Gasteiger charge is -2.13. The van der Waals surface area contributed by atoms with E-state index < -0.39 is 0 Å². The highest BCUT2D eigenvalue weighted by molar-refractivity contribution is 5.36. The van der Waals surface area contributed by atoms with Crippen LogP contribution in [-0.2, 0) is 6.54 Å². The van der Waals surface area contributed by atoms with E-state index in [1.165, 1.54) is 6.07 Å². The van der Waals surface area contributed by atoms with Crippen LogP contribution in [0.15, 0.2) is 42.7 Å². The molecule has 1 aromatic heterocycles. The highest BCUT2D eigenvalue weighted by atomic mass is 19.1. The van der Waals surface area contributed by atoms with Crippen molar-refractivity contribution in [3.63, 3.8) is 0 Å². The van der Waals surface area contributed by atoms with Crippen LogP contribution in [0.4, 0.5) is 4.39 Å². The first-order chi connectivity index (χ1) is 9.16. The molecule has 2 rings (SSSR count). The number of rotatable bonds is 5. The van der Waals surface area contributed by atoms with Gasteiger partial charge in [-0.1, -0.05) is 26.0 Å². The maximum atomic E-state index is 13.6. The smallest absolute Gasteiger partial charge is 0.165 e. The molecule has 4 heteroatoms. The number of halogens is 1. The van der Waals surface area contributed by atoms with Gasteiger partial charge in [-0.25, -0.2) is 4.39 Å². The first-order valence-corrected chi connectivity index (χ1v) is 6.25. The maximum Gasteiger partial charge on any atom is 0.165 e. The van der Waals surface area contributed by atoms with Gasteiger partial charge in [-0.15, -0.1) is 0 Å². The fraction of sp³-hybridized carbons (Fsp3) is 0.267. The van der Waals surface area contributed by atoms with Crippen LogP contribution in [0.1, 0.15) is 19.4 Å². The molecule has 0 fully saturated rings. The van der Waals surface area contributed by atoms with Crippen LogP contribution < -0.4 is 10.1 Å². The third-order valence-corrected chi connectivity index (χ3v) is 2.63. The van der Waals surface area contributed by atoms with Crippen LogP contribution in [0.2, 0.25) is 0 Å². The van der Waals surface area contributed by atoms with E-state index in [-0.39, 0.29) is 11.6 Å². The molecule has 0 amide bonds. The van der Waals surface area contributed by atoms with Crippen molar-refractivity contribution in [2.24, 2.45) is 0 Å². The van der Waals surface area contributed by atoms with Gasteiger partial charge in [-0.3, -0.25) is 4.98 Å². The number of hydrogen-bond donors (Lipinski definition) is 1. The maximum absolute atomic E-state index is 13.6. The number of aromatic nitrogens is 1. The normalized spacial score (nSPS) is 10.7. The van der Waals surface area contributed by atoms with Crippen LogP contribution in [-0.4, -0.2) is 11.0 Å². The minimum atomic E-state index is -0.380. The standard InChI is InChI=1S/C15H17FN2O/c1-11(2)18-9-12-7-8-17-10-15(12)19-14-6-4-3-5-13(14)16/h3-8,10-11,18H,9H2,1-2H3. The van der Waals surface area contributed by atoms with Crippen molar-refractivity contribution in [1.82, 2.24) is 10.3 Å². The molecule has 0 unspecified atom stereocenters. The monoisotopic (exact) mass is 260 g/mol. The summed E-state index contributed by atoms with van der Waals surface area (Å²) in [5.41, 5.74) is 0.951. The number of pyridine rings is 1. The van der Waals surface area contributed by atoms with Crippen molar-refractivity contribution in [2.75, 3.05) is 0 Å². The van der Waals surface area contributed by atoms with E-state index in [1.54, 1.807) is 30.6 Å². The average Bonchev–Trinajstić information content (AvgIpc) is 2.40. The largest absolute Gasteiger partial charge is 0.452 e. The van der Waals surface area contributed by atoms with E-state index in [1.807, 2.05) is 6.07 Å². The number of nitrogens with one attached hydrogen (secondary N) is 1. The molecule has 0 saturated carbocycles. The molecule has 0 saturated heterocycles. The molecule has 0 aliphatic carbocycles. The van der Waals surface area contributed by atoms with Gasteiger partial charge in [0.25, 0.3) is 0 Å². The zero-order valence-corrected chi connectivity index (χ0v) is 11.1. The summed E-state index contributed by atoms with van der Waals surface area (Å²) in [5.74, 6) is 0.399. The summed E-state index contributed by atoms with van der Waals surface area (Å²) < 4.78 is 19.2. The van der Waals surface area contributed by atoms with Gasteiger partial charge in [-0.2, -0.15) is 0 Å². The lowest BCUT2D eigenvalue weighted by molar-refractivity contribution is 0.432. The zero-order chi connectivity index (χ0) is 13.7. The van der Waals surface area contributed by atoms with Crippen molar-refractivity contribution in [2.45, 2.75) is 26.4 Å². The number of benzene rings is 1. The van der Waals surface area contributed by atoms with Crippen molar-refractivity contribution in [3.8, 4) is 11.5 Å². The molecular formula is C15H17FN2O. The van der Waals surface area contributed by atoms with Crippen molar-refractivity contribution in [3.05, 3.63) is 54.1 Å². The Morgan fingerprint density at radius 2 is 2.00 bits per heavy atom. The van der Waals surface area contributed by atoms with E-state index in [0.29, 0.717) is 18.3 Å². The Bertz CT molecular complexity index is 543. The number of ether oxygens (including phenoxy) is 1. The van der Waals surface area contributed by atoms with Gasteiger partial charge in [0.1, 0.15) is 5.75 Å². The number of nitrogens with zero attached hydrogens (tertiary/aromatic N) is 1. The minimum Gasteiger partial charge on any atom is -0.452 e. The zero-order valence-electron chi connectivity index (χ0n) is 11.1. The lowest BCUT2D eigenvalue weighted by Crippen LogP contribution is -2.22. The molecule has 3 nitrogen and oxygen atoms in total. The second-order valence-corrected chi connectivity index (χ2v) is 4.55. The lowest BCUT2D eigenvalue weighted by atomic mass is 10.2. The molecule has 100 valence electrons. The van der Waals surface area contributed by atoms with Gasteiger partial charge in [0.15, 0.2) is 11.6 Å². The summed E-state index contributed by atoms with van der Waals surface area (Å²) in [6.07, 6.45) is 3.30. The van der Waals surface area contributed by atoms with Crippen LogP contribution >= 0.6 is 0 Å². The molecule has 1 heterocycles. The van der Waals surface area contributed by atoms with Crippen LogP contribution in [0, 0.1) is 5.82 Å². The molecule has 0 spiro atoms. The van der Waals surface area contributed by atoms with Crippen molar-refractivity contribution >= 4 is 0 Å². The molecule has 0 radical (unpaired) electrons. The Morgan fingerprint density at radius 3 is 2.74 bits per heavy atom. The van der Waals surface area contributed by atoms with E-state index >= 15 is 0 Å². The van der Waals surface area contributed by atoms with Gasteiger partial charge in [0.2, 0.25) is 0 Å². The SMILES string of the molecule is CC(C)NCc1ccncc1Oc1ccccc1F. The summed E-state index contributed by atoms with van der Waals surface area (Å²) in [7, 11) is 0. The van der Waals surface area contributed by atoms with Crippen LogP contribution in [0.3, 0.4) is 0 Å². The van der Waals surface area contributed by atoms with Crippen LogP contribution in [0.25, 0.3) is 0 Å². The molecular weight excluding hydrogens is 243 g/mol. The summed E-state index contributed by atoms with van der Waals surface area (Å²) in [6.45, 7) is 4.79. The second-order valence-electron chi connectivity index (χ2n) is 4.55. The van der Waals surface area contributed by atoms with Crippen LogP contribution in [0.5, 0.6) is 11.5 Å². The molecule has 0 bridgehead atoms. The third kappa shape index (κ3) is 3.76. The second kappa shape index (κ2) is 6.29. The highest BCUT2D eigenvalue weighted by Crippen LogP contribution is 2.26. The summed E-state index contributed by atoms with van der Waals surface area (Å²) in [6, 6.07) is 8.58. The fourth-order valence-electron chi connectivity index (χ4n) is 1.61. The first-order valence-electron chi connectivity index (χ1n) is 6.25. The summed E-state index contributed by atoms with van der Waals surface area (Å²) in [5, 5.41) is 3.30. The summed E-state index contributed by atoms with van der Waals surface area (Å²) >= 11 is 0. The Morgan fingerprint density at radius 1 is 1.21 bits per heavy atom. The van der Waals surface area contributed by atoms with E-state index in [2.05, 4.69) is 24.1 Å².